The first-order chi connectivity index (χ1) is 18.3. The van der Waals surface area contributed by atoms with Crippen molar-refractivity contribution in [3.63, 3.8) is 0 Å². The number of carboxylic acids is 1. The normalized spacial score (nSPS) is 14.7. The monoisotopic (exact) mass is 550 g/mol. The van der Waals surface area contributed by atoms with E-state index in [1.165, 1.54) is 20.9 Å². The lowest BCUT2D eigenvalue weighted by molar-refractivity contribution is -0.140. The van der Waals surface area contributed by atoms with Crippen molar-refractivity contribution in [2.45, 2.75) is 69.9 Å². The molecule has 14 heteroatoms. The Morgan fingerprint density at radius 2 is 1.44 bits per heavy atom. The number of Topliss-reactive ketones (excluding diaryl/α,β-unsaturated/α-hetero) is 1. The summed E-state index contributed by atoms with van der Waals surface area (Å²) in [6.07, 6.45) is -1.86. The van der Waals surface area contributed by atoms with Crippen molar-refractivity contribution in [1.29, 1.82) is 0 Å². The Labute approximate surface area is 226 Å². The van der Waals surface area contributed by atoms with E-state index in [0.717, 1.165) is 0 Å². The van der Waals surface area contributed by atoms with Gasteiger partial charge in [0.2, 0.25) is 23.6 Å². The van der Waals surface area contributed by atoms with E-state index in [9.17, 15) is 33.9 Å². The number of amides is 4. The number of carbonyl (C=O) groups is 6. The fraction of sp³-hybridized carbons (Fsp3) is 0.520. The second kappa shape index (κ2) is 16.2. The molecule has 216 valence electrons. The van der Waals surface area contributed by atoms with Crippen LogP contribution in [0.4, 0.5) is 0 Å². The Bertz CT molecular complexity index is 1050. The summed E-state index contributed by atoms with van der Waals surface area (Å²) in [7, 11) is 2.97. The number of nitrogens with one attached hydrogen (secondary N) is 5. The molecule has 0 aromatic heterocycles. The van der Waals surface area contributed by atoms with E-state index < -0.39 is 72.1 Å². The van der Waals surface area contributed by atoms with Crippen molar-refractivity contribution in [3.05, 3.63) is 35.4 Å². The third-order valence-corrected chi connectivity index (χ3v) is 6.01. The molecule has 1 aromatic rings. The van der Waals surface area contributed by atoms with Gasteiger partial charge in [-0.25, -0.2) is 0 Å². The molecule has 0 aliphatic heterocycles. The molecule has 0 fully saturated rings. The third-order valence-electron chi connectivity index (χ3n) is 6.01. The van der Waals surface area contributed by atoms with Crippen LogP contribution in [0.1, 0.15) is 37.8 Å². The number of aliphatic hydroxyl groups excluding tert-OH is 1. The van der Waals surface area contributed by atoms with E-state index in [2.05, 4.69) is 26.6 Å². The SMILES string of the molecule is CN[C@@H](CC(=O)O)C(=O)N[C@@H](CC(=O)NCc1ccccc1C[C@H](NC)C(=O)N[C@H](C(N)=O)[C@@H](C)O)C(C)=O. The fourth-order valence-corrected chi connectivity index (χ4v) is 3.68. The molecule has 1 aromatic carbocycles. The Morgan fingerprint density at radius 3 is 1.92 bits per heavy atom. The van der Waals surface area contributed by atoms with Crippen LogP contribution in [0.3, 0.4) is 0 Å². The zero-order valence-corrected chi connectivity index (χ0v) is 22.4. The van der Waals surface area contributed by atoms with Gasteiger partial charge >= 0.3 is 5.97 Å². The quantitative estimate of drug-likeness (QED) is 0.100. The Kier molecular flexibility index (Phi) is 13.7. The lowest BCUT2D eigenvalue weighted by Gasteiger charge is -2.23. The number of carboxylic acid groups (broad SMARTS) is 1. The van der Waals surface area contributed by atoms with Crippen LogP contribution >= 0.6 is 0 Å². The van der Waals surface area contributed by atoms with E-state index in [4.69, 9.17) is 10.8 Å². The predicted octanol–water partition coefficient (Wildman–Crippen LogP) is -2.69. The van der Waals surface area contributed by atoms with Gasteiger partial charge in [-0.05, 0) is 45.5 Å². The van der Waals surface area contributed by atoms with Gasteiger partial charge in [-0.2, -0.15) is 0 Å². The first-order valence-corrected chi connectivity index (χ1v) is 12.3. The number of likely N-dealkylation sites (N-methyl/N-ethyl adjacent to an activating group) is 2. The zero-order valence-electron chi connectivity index (χ0n) is 22.4. The number of carbonyl (C=O) groups excluding carboxylic acids is 5. The van der Waals surface area contributed by atoms with E-state index in [0.29, 0.717) is 11.1 Å². The van der Waals surface area contributed by atoms with Crippen LogP contribution in [-0.2, 0) is 41.7 Å². The van der Waals surface area contributed by atoms with Gasteiger partial charge in [-0.1, -0.05) is 24.3 Å². The molecule has 5 atom stereocenters. The van der Waals surface area contributed by atoms with Crippen LogP contribution in [0.15, 0.2) is 24.3 Å². The highest BCUT2D eigenvalue weighted by Crippen LogP contribution is 2.12. The summed E-state index contributed by atoms with van der Waals surface area (Å²) in [5, 5.41) is 31.6. The van der Waals surface area contributed by atoms with Crippen LogP contribution in [0.5, 0.6) is 0 Å². The second-order valence-corrected chi connectivity index (χ2v) is 9.04. The van der Waals surface area contributed by atoms with Crippen LogP contribution in [-0.4, -0.2) is 90.0 Å². The largest absolute Gasteiger partial charge is 0.481 e. The molecule has 0 unspecified atom stereocenters. The van der Waals surface area contributed by atoms with Crippen molar-refractivity contribution in [1.82, 2.24) is 26.6 Å². The number of primary amides is 1. The molecule has 0 heterocycles. The number of hydrogen-bond acceptors (Lipinski definition) is 9. The van der Waals surface area contributed by atoms with E-state index in [-0.39, 0.29) is 19.4 Å². The van der Waals surface area contributed by atoms with Gasteiger partial charge < -0.3 is 42.5 Å². The Hall–Kier alpha value is -3.88. The number of aliphatic hydroxyl groups is 1. The molecule has 0 spiro atoms. The maximum Gasteiger partial charge on any atom is 0.305 e. The van der Waals surface area contributed by atoms with E-state index in [1.54, 1.807) is 31.3 Å². The number of ketones is 1. The number of nitrogens with two attached hydrogens (primary N) is 1. The number of hydrogen-bond donors (Lipinski definition) is 8. The molecular weight excluding hydrogens is 512 g/mol. The summed E-state index contributed by atoms with van der Waals surface area (Å²) < 4.78 is 0. The number of benzene rings is 1. The van der Waals surface area contributed by atoms with Gasteiger partial charge in [0.25, 0.3) is 0 Å². The van der Waals surface area contributed by atoms with Crippen molar-refractivity contribution in [2.75, 3.05) is 14.1 Å². The van der Waals surface area contributed by atoms with E-state index >= 15 is 0 Å². The van der Waals surface area contributed by atoms with Crippen LogP contribution in [0, 0.1) is 0 Å². The molecule has 4 amide bonds. The molecule has 0 aliphatic rings. The molecule has 0 radical (unpaired) electrons. The molecule has 39 heavy (non-hydrogen) atoms. The van der Waals surface area contributed by atoms with Gasteiger partial charge in [0.15, 0.2) is 5.78 Å². The zero-order chi connectivity index (χ0) is 29.7. The molecule has 1 rings (SSSR count). The van der Waals surface area contributed by atoms with Crippen molar-refractivity contribution < 1.29 is 39.0 Å². The van der Waals surface area contributed by atoms with Gasteiger partial charge in [-0.3, -0.25) is 28.8 Å². The van der Waals surface area contributed by atoms with Gasteiger partial charge in [-0.15, -0.1) is 0 Å². The summed E-state index contributed by atoms with van der Waals surface area (Å²) in [5.41, 5.74) is 6.64. The standard InChI is InChI=1S/C25H38N6O8/c1-13(32)17(30-24(38)19(28-4)11-21(35)36)10-20(34)29-12-16-8-6-5-7-15(16)9-18(27-3)25(39)31-22(14(2)33)23(26)37/h5-8,14,17-19,22,27-28,33H,9-12H2,1-4H3,(H2,26,37)(H,29,34)(H,30,38)(H,31,39)(H,35,36)/t14-,17+,18+,19+,22+/m1/s1. The molecule has 9 N–H and O–H groups in total. The van der Waals surface area contributed by atoms with Crippen molar-refractivity contribution in [3.8, 4) is 0 Å². The maximum atomic E-state index is 12.7. The van der Waals surface area contributed by atoms with Crippen LogP contribution in [0.2, 0.25) is 0 Å². The number of aliphatic carboxylic acids is 1. The fourth-order valence-electron chi connectivity index (χ4n) is 3.68. The molecule has 0 saturated heterocycles. The summed E-state index contributed by atoms with van der Waals surface area (Å²) in [6.45, 7) is 2.60. The number of rotatable bonds is 17. The summed E-state index contributed by atoms with van der Waals surface area (Å²) in [4.78, 5) is 72.2. The Morgan fingerprint density at radius 1 is 0.872 bits per heavy atom. The third kappa shape index (κ3) is 11.2. The minimum absolute atomic E-state index is 0.0569. The minimum atomic E-state index is -1.26. The smallest absolute Gasteiger partial charge is 0.305 e. The average Bonchev–Trinajstić information content (AvgIpc) is 2.86. The molecular formula is C25H38N6O8. The molecule has 0 aliphatic carbocycles. The topological polar surface area (TPSA) is 229 Å². The first-order valence-electron chi connectivity index (χ1n) is 12.3. The summed E-state index contributed by atoms with van der Waals surface area (Å²) >= 11 is 0. The molecule has 14 nitrogen and oxygen atoms in total. The highest BCUT2D eigenvalue weighted by Gasteiger charge is 2.28. The molecule has 0 bridgehead atoms. The van der Waals surface area contributed by atoms with Crippen LogP contribution < -0.4 is 32.3 Å². The van der Waals surface area contributed by atoms with Crippen molar-refractivity contribution in [2.24, 2.45) is 5.73 Å². The average molecular weight is 551 g/mol. The predicted molar refractivity (Wildman–Crippen MR) is 140 cm³/mol. The summed E-state index contributed by atoms with van der Waals surface area (Å²) in [6, 6.07) is 2.74. The minimum Gasteiger partial charge on any atom is -0.481 e. The van der Waals surface area contributed by atoms with Gasteiger partial charge in [0.1, 0.15) is 6.04 Å². The highest BCUT2D eigenvalue weighted by molar-refractivity contribution is 5.94. The maximum absolute atomic E-state index is 12.7. The highest BCUT2D eigenvalue weighted by atomic mass is 16.4. The van der Waals surface area contributed by atoms with Gasteiger partial charge in [0.05, 0.1) is 37.1 Å². The Balaban J connectivity index is 2.86. The lowest BCUT2D eigenvalue weighted by atomic mass is 9.99. The lowest BCUT2D eigenvalue weighted by Crippen LogP contribution is -2.55. The second-order valence-electron chi connectivity index (χ2n) is 9.04. The van der Waals surface area contributed by atoms with Gasteiger partial charge in [0, 0.05) is 6.54 Å². The van der Waals surface area contributed by atoms with Crippen molar-refractivity contribution >= 4 is 35.4 Å². The van der Waals surface area contributed by atoms with E-state index in [1.807, 2.05) is 0 Å². The van der Waals surface area contributed by atoms with Crippen LogP contribution in [0.25, 0.3) is 0 Å². The summed E-state index contributed by atoms with van der Waals surface area (Å²) in [5.74, 6) is -4.35. The first kappa shape index (κ1) is 33.1. The molecule has 0 saturated carbocycles.